The predicted octanol–water partition coefficient (Wildman–Crippen LogP) is 13.8. The molecule has 0 atom stereocenters. The van der Waals surface area contributed by atoms with Crippen molar-refractivity contribution in [1.82, 2.24) is 0 Å². The van der Waals surface area contributed by atoms with Crippen LogP contribution in [0.1, 0.15) is 49.9 Å². The van der Waals surface area contributed by atoms with E-state index in [0.29, 0.717) is 0 Å². The third kappa shape index (κ3) is 4.00. The maximum atomic E-state index is 2.55. The maximum Gasteiger partial charge on any atom is 0.0543 e. The fraction of sp³-hybridized carbons (Fsp3) is 0.125. The lowest BCUT2D eigenvalue weighted by atomic mass is 9.81. The van der Waals surface area contributed by atoms with Crippen LogP contribution in [0.3, 0.4) is 0 Å². The largest absolute Gasteiger partial charge is 0.310 e. The van der Waals surface area contributed by atoms with Crippen molar-refractivity contribution < 1.29 is 0 Å². The molecule has 10 rings (SSSR count). The average molecular weight is 660 g/mol. The quantitative estimate of drug-likeness (QED) is 0.182. The monoisotopic (exact) mass is 659 g/mol. The van der Waals surface area contributed by atoms with E-state index < -0.39 is 0 Å². The Morgan fingerprint density at radius 1 is 0.440 bits per heavy atom. The van der Waals surface area contributed by atoms with Crippen molar-refractivity contribution in [2.24, 2.45) is 0 Å². The Bertz CT molecular complexity index is 2650. The highest BCUT2D eigenvalue weighted by molar-refractivity contribution is 7.25. The van der Waals surface area contributed by atoms with Crippen molar-refractivity contribution >= 4 is 48.6 Å². The van der Waals surface area contributed by atoms with Crippen LogP contribution in [0.4, 0.5) is 17.1 Å². The van der Waals surface area contributed by atoms with Crippen LogP contribution < -0.4 is 4.90 Å². The number of nitrogens with zero attached hydrogens (tertiary/aromatic N) is 1. The van der Waals surface area contributed by atoms with Crippen molar-refractivity contribution in [3.05, 3.63) is 174 Å². The Labute approximate surface area is 298 Å². The molecule has 0 saturated heterocycles. The Balaban J connectivity index is 1.22. The number of fused-ring (bicyclic) bond motifs is 9. The molecule has 1 nitrogen and oxygen atoms in total. The minimum Gasteiger partial charge on any atom is -0.310 e. The molecule has 7 aromatic carbocycles. The first-order chi connectivity index (χ1) is 24.3. The molecule has 240 valence electrons. The number of anilines is 3. The first kappa shape index (κ1) is 29.5. The van der Waals surface area contributed by atoms with Crippen LogP contribution in [-0.2, 0) is 10.8 Å². The third-order valence-electron chi connectivity index (χ3n) is 11.5. The summed E-state index contributed by atoms with van der Waals surface area (Å²) in [6, 6.07) is 56.6. The minimum atomic E-state index is -0.161. The third-order valence-corrected chi connectivity index (χ3v) is 12.6. The predicted molar refractivity (Wildman–Crippen MR) is 215 cm³/mol. The maximum absolute atomic E-state index is 2.55. The van der Waals surface area contributed by atoms with Gasteiger partial charge in [0, 0.05) is 42.3 Å². The molecule has 0 radical (unpaired) electrons. The van der Waals surface area contributed by atoms with Crippen LogP contribution in [0, 0.1) is 0 Å². The molecule has 2 aliphatic rings. The van der Waals surface area contributed by atoms with Gasteiger partial charge in [0.05, 0.1) is 11.4 Å². The first-order valence-electron chi connectivity index (χ1n) is 17.6. The summed E-state index contributed by atoms with van der Waals surface area (Å²) >= 11 is 1.88. The Morgan fingerprint density at radius 3 is 1.84 bits per heavy atom. The van der Waals surface area contributed by atoms with Gasteiger partial charge in [-0.2, -0.15) is 0 Å². The molecule has 1 heterocycles. The fourth-order valence-corrected chi connectivity index (χ4v) is 10.3. The first-order valence-corrected chi connectivity index (χ1v) is 18.4. The van der Waals surface area contributed by atoms with E-state index in [2.05, 4.69) is 184 Å². The second-order valence-electron chi connectivity index (χ2n) is 14.9. The van der Waals surface area contributed by atoms with Crippen LogP contribution in [0.5, 0.6) is 0 Å². The number of benzene rings is 7. The van der Waals surface area contributed by atoms with Crippen LogP contribution in [0.25, 0.3) is 53.6 Å². The molecule has 0 fully saturated rings. The van der Waals surface area contributed by atoms with Gasteiger partial charge in [0.1, 0.15) is 0 Å². The van der Waals surface area contributed by atoms with Crippen LogP contribution in [0.2, 0.25) is 0 Å². The average Bonchev–Trinajstić information content (AvgIpc) is 3.73. The number of rotatable bonds is 4. The van der Waals surface area contributed by atoms with Crippen molar-refractivity contribution in [3.63, 3.8) is 0 Å². The molecular formula is C48H37NS. The van der Waals surface area contributed by atoms with E-state index in [0.717, 1.165) is 5.69 Å². The summed E-state index contributed by atoms with van der Waals surface area (Å²) < 4.78 is 2.66. The van der Waals surface area contributed by atoms with Gasteiger partial charge in [-0.05, 0) is 86.5 Å². The van der Waals surface area contributed by atoms with Gasteiger partial charge < -0.3 is 4.90 Å². The molecule has 0 aliphatic heterocycles. The topological polar surface area (TPSA) is 3.24 Å². The van der Waals surface area contributed by atoms with Gasteiger partial charge in [-0.15, -0.1) is 11.3 Å². The highest BCUT2D eigenvalue weighted by atomic mass is 32.1. The Hall–Kier alpha value is -5.44. The lowest BCUT2D eigenvalue weighted by molar-refractivity contribution is 0.659. The summed E-state index contributed by atoms with van der Waals surface area (Å²) in [6.45, 7) is 9.52. The van der Waals surface area contributed by atoms with Crippen molar-refractivity contribution in [1.29, 1.82) is 0 Å². The van der Waals surface area contributed by atoms with Crippen LogP contribution in [-0.4, -0.2) is 0 Å². The molecule has 0 amide bonds. The Kier molecular flexibility index (Phi) is 6.21. The van der Waals surface area contributed by atoms with Gasteiger partial charge in [0.15, 0.2) is 0 Å². The minimum absolute atomic E-state index is 0.0897. The lowest BCUT2D eigenvalue weighted by Crippen LogP contribution is -2.21. The molecule has 0 unspecified atom stereocenters. The molecular weight excluding hydrogens is 623 g/mol. The summed E-state index contributed by atoms with van der Waals surface area (Å²) in [4.78, 5) is 2.55. The highest BCUT2D eigenvalue weighted by Gasteiger charge is 2.41. The van der Waals surface area contributed by atoms with Crippen molar-refractivity contribution in [2.75, 3.05) is 4.90 Å². The van der Waals surface area contributed by atoms with Gasteiger partial charge in [0.25, 0.3) is 0 Å². The molecule has 0 spiro atoms. The van der Waals surface area contributed by atoms with E-state index in [-0.39, 0.29) is 10.8 Å². The van der Waals surface area contributed by atoms with Gasteiger partial charge >= 0.3 is 0 Å². The SMILES string of the molecule is CC1(C)c2ccccc2-c2c(N(c3ccc(-c4cccc5sc6ccccc6c45)cc3)c3cccc4c3C(C)(C)c3ccccc3-4)cccc21. The summed E-state index contributed by atoms with van der Waals surface area (Å²) in [5, 5.41) is 2.68. The standard InChI is InChI=1S/C48H37NS/c1-47(2)38-20-9-6-15-35(38)45-39(47)21-13-22-40(45)49(41-23-11-18-34-33-14-5-8-19-37(33)48(3,4)46(34)41)31-28-26-30(27-29-31)32-17-12-25-43-44(32)36-16-7-10-24-42(36)50-43/h5-29H,1-4H3. The molecule has 0 bridgehead atoms. The number of hydrogen-bond donors (Lipinski definition) is 0. The van der Waals surface area contributed by atoms with Crippen molar-refractivity contribution in [2.45, 2.75) is 38.5 Å². The van der Waals surface area contributed by atoms with E-state index in [9.17, 15) is 0 Å². The lowest BCUT2D eigenvalue weighted by Gasteiger charge is -2.33. The Morgan fingerprint density at radius 2 is 1.02 bits per heavy atom. The summed E-state index contributed by atoms with van der Waals surface area (Å²) in [5.41, 5.74) is 16.7. The number of hydrogen-bond acceptors (Lipinski definition) is 2. The summed E-state index contributed by atoms with van der Waals surface area (Å²) in [7, 11) is 0. The normalized spacial score (nSPS) is 14.7. The smallest absolute Gasteiger partial charge is 0.0543 e. The molecule has 0 N–H and O–H groups in total. The van der Waals surface area contributed by atoms with E-state index in [1.54, 1.807) is 0 Å². The van der Waals surface area contributed by atoms with E-state index >= 15 is 0 Å². The zero-order valence-electron chi connectivity index (χ0n) is 28.8. The second kappa shape index (κ2) is 10.5. The van der Waals surface area contributed by atoms with E-state index in [4.69, 9.17) is 0 Å². The van der Waals surface area contributed by atoms with Gasteiger partial charge in [-0.3, -0.25) is 0 Å². The fourth-order valence-electron chi connectivity index (χ4n) is 9.14. The highest BCUT2D eigenvalue weighted by Crippen LogP contribution is 2.58. The molecule has 2 heteroatoms. The van der Waals surface area contributed by atoms with Gasteiger partial charge in [0.2, 0.25) is 0 Å². The van der Waals surface area contributed by atoms with Gasteiger partial charge in [-0.1, -0.05) is 143 Å². The zero-order valence-corrected chi connectivity index (χ0v) is 29.6. The second-order valence-corrected chi connectivity index (χ2v) is 16.0. The van der Waals surface area contributed by atoms with E-state index in [1.807, 2.05) is 11.3 Å². The van der Waals surface area contributed by atoms with Crippen LogP contribution in [0.15, 0.2) is 152 Å². The molecule has 1 aromatic heterocycles. The zero-order chi connectivity index (χ0) is 33.8. The summed E-state index contributed by atoms with van der Waals surface area (Å²) in [5.74, 6) is 0. The summed E-state index contributed by atoms with van der Waals surface area (Å²) in [6.07, 6.45) is 0. The van der Waals surface area contributed by atoms with Crippen molar-refractivity contribution in [3.8, 4) is 33.4 Å². The molecule has 50 heavy (non-hydrogen) atoms. The molecule has 8 aromatic rings. The van der Waals surface area contributed by atoms with Gasteiger partial charge in [-0.25, -0.2) is 0 Å². The van der Waals surface area contributed by atoms with Crippen LogP contribution >= 0.6 is 11.3 Å². The number of thiophene rings is 1. The van der Waals surface area contributed by atoms with E-state index in [1.165, 1.54) is 87.2 Å². The molecule has 2 aliphatic carbocycles. The molecule has 0 saturated carbocycles.